The molecule has 0 aliphatic carbocycles. The van der Waals surface area contributed by atoms with Crippen molar-refractivity contribution in [2.45, 2.75) is 4.90 Å². The maximum atomic E-state index is 10.3. The highest BCUT2D eigenvalue weighted by Crippen LogP contribution is 2.09. The lowest BCUT2D eigenvalue weighted by Crippen LogP contribution is -1.98. The fourth-order valence-corrected chi connectivity index (χ4v) is 1.04. The maximum absolute atomic E-state index is 10.3. The van der Waals surface area contributed by atoms with Crippen LogP contribution in [-0.2, 0) is 10.1 Å². The molecule has 1 aromatic heterocycles. The Morgan fingerprint density at radius 3 is 2.45 bits per heavy atom. The first-order chi connectivity index (χ1) is 5.00. The van der Waals surface area contributed by atoms with Crippen LogP contribution in [0.1, 0.15) is 0 Å². The second-order valence-electron chi connectivity index (χ2n) is 1.77. The van der Waals surface area contributed by atoms with E-state index in [1.165, 1.54) is 6.07 Å². The summed E-state index contributed by atoms with van der Waals surface area (Å²) in [5, 5.41) is 0.150. The van der Waals surface area contributed by atoms with E-state index in [0.717, 1.165) is 12.3 Å². The Bertz CT molecular complexity index is 344. The second kappa shape index (κ2) is 2.77. The van der Waals surface area contributed by atoms with Gasteiger partial charge in [-0.05, 0) is 12.1 Å². The van der Waals surface area contributed by atoms with Gasteiger partial charge in [0.1, 0.15) is 15.3 Å². The Balaban J connectivity index is 3.20. The molecular weight excluding hydrogens is 190 g/mol. The summed E-state index contributed by atoms with van der Waals surface area (Å²) in [7, 11) is -4.39. The average Bonchev–Trinajstić information content (AvgIpc) is 1.86. The summed E-state index contributed by atoms with van der Waals surface area (Å²) in [6, 6.07) is 2.35. The van der Waals surface area contributed by atoms with Gasteiger partial charge < -0.3 is 4.55 Å². The third-order valence-electron chi connectivity index (χ3n) is 0.989. The molecule has 0 saturated heterocycles. The van der Waals surface area contributed by atoms with Gasteiger partial charge in [0.2, 0.25) is 0 Å². The molecule has 0 unspecified atom stereocenters. The zero-order valence-corrected chi connectivity index (χ0v) is 6.76. The van der Waals surface area contributed by atoms with E-state index >= 15 is 0 Å². The van der Waals surface area contributed by atoms with Crippen molar-refractivity contribution in [1.29, 1.82) is 0 Å². The number of hydrogen-bond acceptors (Lipinski definition) is 4. The minimum absolute atomic E-state index is 0.150. The number of rotatable bonds is 1. The van der Waals surface area contributed by atoms with Crippen molar-refractivity contribution >= 4 is 21.7 Å². The van der Waals surface area contributed by atoms with Crippen molar-refractivity contribution in [2.24, 2.45) is 0 Å². The van der Waals surface area contributed by atoms with E-state index in [9.17, 15) is 13.0 Å². The van der Waals surface area contributed by atoms with Crippen LogP contribution in [0.3, 0.4) is 0 Å². The van der Waals surface area contributed by atoms with Crippen molar-refractivity contribution in [2.75, 3.05) is 0 Å². The molecule has 0 spiro atoms. The summed E-state index contributed by atoms with van der Waals surface area (Å²) >= 11 is 5.35. The van der Waals surface area contributed by atoms with Gasteiger partial charge in [-0.15, -0.1) is 0 Å². The molecule has 1 aromatic rings. The summed E-state index contributed by atoms with van der Waals surface area (Å²) < 4.78 is 30.9. The lowest BCUT2D eigenvalue weighted by atomic mass is 10.5. The first kappa shape index (κ1) is 8.45. The first-order valence-electron chi connectivity index (χ1n) is 2.57. The molecule has 0 aliphatic rings. The fraction of sp³-hybridized carbons (Fsp3) is 0. The predicted octanol–water partition coefficient (Wildman–Crippen LogP) is 0.639. The van der Waals surface area contributed by atoms with Crippen molar-refractivity contribution in [3.8, 4) is 0 Å². The van der Waals surface area contributed by atoms with Crippen LogP contribution in [0.2, 0.25) is 5.15 Å². The van der Waals surface area contributed by atoms with Gasteiger partial charge in [0.05, 0.1) is 4.90 Å². The van der Waals surface area contributed by atoms with Crippen LogP contribution in [-0.4, -0.2) is 18.0 Å². The third kappa shape index (κ3) is 2.14. The zero-order chi connectivity index (χ0) is 8.48. The number of nitrogens with zero attached hydrogens (tertiary/aromatic N) is 1. The van der Waals surface area contributed by atoms with Crippen LogP contribution in [0, 0.1) is 0 Å². The molecule has 60 valence electrons. The Kier molecular flexibility index (Phi) is 2.12. The highest BCUT2D eigenvalue weighted by molar-refractivity contribution is 7.85. The molecular formula is C5H3ClNO3S-. The molecule has 0 atom stereocenters. The average molecular weight is 193 g/mol. The van der Waals surface area contributed by atoms with Gasteiger partial charge in [0.25, 0.3) is 0 Å². The van der Waals surface area contributed by atoms with Crippen LogP contribution in [0.5, 0.6) is 0 Å². The minimum atomic E-state index is -4.39. The van der Waals surface area contributed by atoms with E-state index in [0.29, 0.717) is 0 Å². The molecule has 0 bridgehead atoms. The van der Waals surface area contributed by atoms with E-state index in [-0.39, 0.29) is 10.0 Å². The highest BCUT2D eigenvalue weighted by atomic mass is 35.5. The number of pyridine rings is 1. The van der Waals surface area contributed by atoms with Crippen LogP contribution in [0.4, 0.5) is 0 Å². The normalized spacial score (nSPS) is 11.5. The van der Waals surface area contributed by atoms with Crippen LogP contribution >= 0.6 is 11.6 Å². The Morgan fingerprint density at radius 1 is 1.45 bits per heavy atom. The summed E-state index contributed by atoms with van der Waals surface area (Å²) in [4.78, 5) is 3.06. The Morgan fingerprint density at radius 2 is 2.09 bits per heavy atom. The van der Waals surface area contributed by atoms with E-state index in [4.69, 9.17) is 11.6 Å². The summed E-state index contributed by atoms with van der Waals surface area (Å²) in [5.74, 6) is 0. The molecule has 0 amide bonds. The molecule has 0 saturated carbocycles. The van der Waals surface area contributed by atoms with Crippen molar-refractivity contribution in [1.82, 2.24) is 4.98 Å². The zero-order valence-electron chi connectivity index (χ0n) is 5.19. The smallest absolute Gasteiger partial charge is 0.129 e. The molecule has 1 rings (SSSR count). The molecule has 1 heterocycles. The van der Waals surface area contributed by atoms with E-state index < -0.39 is 10.1 Å². The van der Waals surface area contributed by atoms with Crippen molar-refractivity contribution in [3.05, 3.63) is 23.5 Å². The van der Waals surface area contributed by atoms with Gasteiger partial charge in [0.15, 0.2) is 0 Å². The van der Waals surface area contributed by atoms with Gasteiger partial charge in [-0.2, -0.15) is 0 Å². The lowest BCUT2D eigenvalue weighted by molar-refractivity contribution is 0.462. The quantitative estimate of drug-likeness (QED) is 0.484. The first-order valence-corrected chi connectivity index (χ1v) is 4.36. The molecule has 0 aromatic carbocycles. The van der Waals surface area contributed by atoms with Gasteiger partial charge in [-0.1, -0.05) is 11.6 Å². The number of aromatic nitrogens is 1. The molecule has 0 aliphatic heterocycles. The van der Waals surface area contributed by atoms with E-state index in [2.05, 4.69) is 4.98 Å². The Labute approximate surface area is 68.6 Å². The molecule has 0 N–H and O–H groups in total. The van der Waals surface area contributed by atoms with E-state index in [1.54, 1.807) is 0 Å². The van der Waals surface area contributed by atoms with Crippen molar-refractivity contribution in [3.63, 3.8) is 0 Å². The maximum Gasteiger partial charge on any atom is 0.129 e. The summed E-state index contributed by atoms with van der Waals surface area (Å²) in [5.41, 5.74) is 0. The standard InChI is InChI=1S/C5H4ClNO3S/c6-5-2-1-4(3-7-5)11(8,9)10/h1-3H,(H,8,9,10)/p-1. The van der Waals surface area contributed by atoms with Gasteiger partial charge >= 0.3 is 0 Å². The fourth-order valence-electron chi connectivity index (χ4n) is 0.510. The summed E-state index contributed by atoms with van der Waals surface area (Å²) in [6.07, 6.45) is 0.921. The Hall–Kier alpha value is -0.650. The third-order valence-corrected chi connectivity index (χ3v) is 2.03. The molecule has 0 radical (unpaired) electrons. The highest BCUT2D eigenvalue weighted by Gasteiger charge is 1.99. The van der Waals surface area contributed by atoms with Gasteiger partial charge in [0, 0.05) is 6.20 Å². The largest absolute Gasteiger partial charge is 0.744 e. The van der Waals surface area contributed by atoms with Crippen LogP contribution in [0.15, 0.2) is 23.2 Å². The molecule has 11 heavy (non-hydrogen) atoms. The van der Waals surface area contributed by atoms with Gasteiger partial charge in [-0.25, -0.2) is 13.4 Å². The van der Waals surface area contributed by atoms with E-state index in [1.807, 2.05) is 0 Å². The lowest BCUT2D eigenvalue weighted by Gasteiger charge is -2.04. The number of hydrogen-bond donors (Lipinski definition) is 0. The molecule has 0 fully saturated rings. The van der Waals surface area contributed by atoms with Crippen LogP contribution < -0.4 is 0 Å². The SMILES string of the molecule is O=S(=O)([O-])c1ccc(Cl)nc1. The van der Waals surface area contributed by atoms with Gasteiger partial charge in [-0.3, -0.25) is 0 Å². The predicted molar refractivity (Wildman–Crippen MR) is 37.2 cm³/mol. The molecule has 6 heteroatoms. The minimum Gasteiger partial charge on any atom is -0.744 e. The van der Waals surface area contributed by atoms with Crippen molar-refractivity contribution < 1.29 is 13.0 Å². The number of halogens is 1. The monoisotopic (exact) mass is 192 g/mol. The summed E-state index contributed by atoms with van der Waals surface area (Å²) in [6.45, 7) is 0. The topological polar surface area (TPSA) is 70.1 Å². The van der Waals surface area contributed by atoms with Crippen LogP contribution in [0.25, 0.3) is 0 Å². The molecule has 4 nitrogen and oxygen atoms in total. The second-order valence-corrected chi connectivity index (χ2v) is 3.54.